The number of nitro benzene ring substituents is 1. The van der Waals surface area contributed by atoms with Gasteiger partial charge in [-0.25, -0.2) is 4.79 Å². The van der Waals surface area contributed by atoms with Gasteiger partial charge in [-0.15, -0.1) is 0 Å². The Morgan fingerprint density at radius 2 is 2.15 bits per heavy atom. The molecule has 1 aliphatic heterocycles. The van der Waals surface area contributed by atoms with Crippen molar-refractivity contribution in [3.8, 4) is 0 Å². The molecule has 1 aliphatic rings. The monoisotopic (exact) mass is 370 g/mol. The number of non-ortho nitro benzene ring substituents is 1. The quantitative estimate of drug-likeness (QED) is 0.616. The Morgan fingerprint density at radius 1 is 1.44 bits per heavy atom. The van der Waals surface area contributed by atoms with Gasteiger partial charge < -0.3 is 10.4 Å². The van der Waals surface area contributed by atoms with Gasteiger partial charge in [-0.3, -0.25) is 14.8 Å². The van der Waals surface area contributed by atoms with Crippen molar-refractivity contribution in [1.29, 1.82) is 0 Å². The molecule has 0 bridgehead atoms. The molecule has 1 atom stereocenters. The van der Waals surface area contributed by atoms with Crippen LogP contribution in [0.25, 0.3) is 0 Å². The van der Waals surface area contributed by atoms with Crippen molar-refractivity contribution in [2.24, 2.45) is 13.0 Å². The summed E-state index contributed by atoms with van der Waals surface area (Å²) >= 11 is 0. The maximum Gasteiger partial charge on any atom is 0.334 e. The minimum absolute atomic E-state index is 0.0655. The molecule has 0 fully saturated rings. The van der Waals surface area contributed by atoms with Crippen LogP contribution in [0.3, 0.4) is 0 Å². The van der Waals surface area contributed by atoms with E-state index in [-0.39, 0.29) is 11.3 Å². The molecule has 2 N–H and O–H groups in total. The van der Waals surface area contributed by atoms with Crippen molar-refractivity contribution in [2.45, 2.75) is 33.1 Å². The summed E-state index contributed by atoms with van der Waals surface area (Å²) in [7, 11) is 1.80. The average Bonchev–Trinajstić information content (AvgIpc) is 2.88. The number of carboxylic acid groups (broad SMARTS) is 1. The van der Waals surface area contributed by atoms with Crippen LogP contribution in [-0.4, -0.2) is 25.8 Å². The molecule has 3 rings (SSSR count). The lowest BCUT2D eigenvalue weighted by Gasteiger charge is -2.28. The van der Waals surface area contributed by atoms with Crippen LogP contribution in [0, 0.1) is 16.0 Å². The number of benzene rings is 1. The highest BCUT2D eigenvalue weighted by molar-refractivity contribution is 5.93. The zero-order chi connectivity index (χ0) is 19.9. The number of rotatable bonds is 5. The zero-order valence-electron chi connectivity index (χ0n) is 15.7. The largest absolute Gasteiger partial charge is 0.478 e. The summed E-state index contributed by atoms with van der Waals surface area (Å²) in [4.78, 5) is 22.8. The van der Waals surface area contributed by atoms with Crippen LogP contribution in [0.15, 0.2) is 35.5 Å². The number of nitrogens with one attached hydrogen (secondary N) is 1. The van der Waals surface area contributed by atoms with Crippen LogP contribution >= 0.6 is 0 Å². The topological polar surface area (TPSA) is 110 Å². The second-order valence-electron chi connectivity index (χ2n) is 7.18. The zero-order valence-corrected chi connectivity index (χ0v) is 15.7. The Hall–Kier alpha value is -3.16. The van der Waals surface area contributed by atoms with Gasteiger partial charge in [0.15, 0.2) is 0 Å². The number of fused-ring (bicyclic) bond motifs is 1. The third-order valence-electron chi connectivity index (χ3n) is 4.69. The number of aliphatic carboxylic acids is 1. The number of aromatic nitrogens is 2. The normalized spacial score (nSPS) is 16.3. The van der Waals surface area contributed by atoms with Crippen LogP contribution < -0.4 is 5.32 Å². The predicted octanol–water partition coefficient (Wildman–Crippen LogP) is 3.44. The minimum Gasteiger partial charge on any atom is -0.478 e. The maximum atomic E-state index is 12.1. The standard InChI is InChI=1S/C19H22N4O4/c1-10(2)8-14-17-16(12-6-5-7-13(9-12)23(26)27)15(19(24)25)11(3)20-18(17)22(4)21-14/h5-7,9-10,16,20H,8H2,1-4H3,(H,24,25). The lowest BCUT2D eigenvalue weighted by Crippen LogP contribution is -2.24. The van der Waals surface area contributed by atoms with Gasteiger partial charge in [-0.1, -0.05) is 26.0 Å². The molecule has 8 heteroatoms. The van der Waals surface area contributed by atoms with E-state index in [9.17, 15) is 20.0 Å². The fourth-order valence-electron chi connectivity index (χ4n) is 3.63. The number of carboxylic acids is 1. The molecule has 8 nitrogen and oxygen atoms in total. The molecular weight excluding hydrogens is 348 g/mol. The van der Waals surface area contributed by atoms with Crippen LogP contribution in [0.5, 0.6) is 0 Å². The highest BCUT2D eigenvalue weighted by atomic mass is 16.6. The molecule has 0 amide bonds. The molecule has 0 aliphatic carbocycles. The number of nitro groups is 1. The molecule has 142 valence electrons. The first-order chi connectivity index (χ1) is 12.7. The van der Waals surface area contributed by atoms with Gasteiger partial charge in [0.1, 0.15) is 5.82 Å². The number of allylic oxidation sites excluding steroid dienone is 1. The Morgan fingerprint density at radius 3 is 2.74 bits per heavy atom. The molecule has 0 saturated carbocycles. The Balaban J connectivity index is 2.28. The third-order valence-corrected chi connectivity index (χ3v) is 4.69. The van der Waals surface area contributed by atoms with Crippen LogP contribution in [-0.2, 0) is 18.3 Å². The van der Waals surface area contributed by atoms with E-state index in [1.54, 1.807) is 30.8 Å². The van der Waals surface area contributed by atoms with Crippen LogP contribution in [0.1, 0.15) is 43.5 Å². The van der Waals surface area contributed by atoms with Crippen molar-refractivity contribution in [2.75, 3.05) is 5.32 Å². The Bertz CT molecular complexity index is 959. The summed E-state index contributed by atoms with van der Waals surface area (Å²) in [5, 5.41) is 28.8. The predicted molar refractivity (Wildman–Crippen MR) is 101 cm³/mol. The molecule has 0 radical (unpaired) electrons. The van der Waals surface area contributed by atoms with Gasteiger partial charge in [-0.2, -0.15) is 5.10 Å². The summed E-state index contributed by atoms with van der Waals surface area (Å²) in [5.41, 5.74) is 2.77. The SMILES string of the molecule is CC1=C(C(=O)O)C(c2cccc([N+](=O)[O-])c2)c2c(CC(C)C)nn(C)c2N1. The lowest BCUT2D eigenvalue weighted by atomic mass is 9.80. The molecule has 0 spiro atoms. The summed E-state index contributed by atoms with van der Waals surface area (Å²) in [6.45, 7) is 5.84. The summed E-state index contributed by atoms with van der Waals surface area (Å²) in [6.07, 6.45) is 0.683. The van der Waals surface area contributed by atoms with E-state index < -0.39 is 16.8 Å². The fourth-order valence-corrected chi connectivity index (χ4v) is 3.63. The van der Waals surface area contributed by atoms with E-state index in [2.05, 4.69) is 24.3 Å². The highest BCUT2D eigenvalue weighted by Crippen LogP contribution is 2.44. The number of carbonyl (C=O) groups is 1. The van der Waals surface area contributed by atoms with Crippen LogP contribution in [0.4, 0.5) is 11.5 Å². The number of aryl methyl sites for hydroxylation is 1. The second kappa shape index (κ2) is 6.86. The van der Waals surface area contributed by atoms with E-state index in [0.717, 1.165) is 17.1 Å². The van der Waals surface area contributed by atoms with E-state index in [1.807, 2.05) is 0 Å². The van der Waals surface area contributed by atoms with Crippen molar-refractivity contribution >= 4 is 17.5 Å². The van der Waals surface area contributed by atoms with Gasteiger partial charge >= 0.3 is 5.97 Å². The second-order valence-corrected chi connectivity index (χ2v) is 7.18. The highest BCUT2D eigenvalue weighted by Gasteiger charge is 2.37. The lowest BCUT2D eigenvalue weighted by molar-refractivity contribution is -0.384. The molecule has 0 saturated heterocycles. The first-order valence-corrected chi connectivity index (χ1v) is 8.71. The average molecular weight is 370 g/mol. The molecule has 27 heavy (non-hydrogen) atoms. The first-order valence-electron chi connectivity index (χ1n) is 8.71. The van der Waals surface area contributed by atoms with Crippen molar-refractivity contribution < 1.29 is 14.8 Å². The Kier molecular flexibility index (Phi) is 4.73. The smallest absolute Gasteiger partial charge is 0.334 e. The molecule has 2 aromatic rings. The van der Waals surface area contributed by atoms with Crippen molar-refractivity contribution in [3.63, 3.8) is 0 Å². The molecule has 1 unspecified atom stereocenters. The van der Waals surface area contributed by atoms with E-state index in [0.29, 0.717) is 23.6 Å². The molecule has 1 aromatic carbocycles. The van der Waals surface area contributed by atoms with Gasteiger partial charge in [0, 0.05) is 36.4 Å². The van der Waals surface area contributed by atoms with Gasteiger partial charge in [0.05, 0.1) is 16.2 Å². The van der Waals surface area contributed by atoms with E-state index in [4.69, 9.17) is 0 Å². The van der Waals surface area contributed by atoms with Crippen molar-refractivity contribution in [3.05, 3.63) is 62.5 Å². The molecular formula is C19H22N4O4. The third kappa shape index (κ3) is 3.30. The van der Waals surface area contributed by atoms with Gasteiger partial charge in [-0.05, 0) is 24.8 Å². The summed E-state index contributed by atoms with van der Waals surface area (Å²) in [5.74, 6) is -0.623. The first kappa shape index (κ1) is 18.6. The van der Waals surface area contributed by atoms with Gasteiger partial charge in [0.25, 0.3) is 5.69 Å². The fraction of sp³-hybridized carbons (Fsp3) is 0.368. The molecule has 2 heterocycles. The maximum absolute atomic E-state index is 12.1. The minimum atomic E-state index is -1.05. The van der Waals surface area contributed by atoms with Gasteiger partial charge in [0.2, 0.25) is 0 Å². The Labute approximate surface area is 156 Å². The van der Waals surface area contributed by atoms with E-state index in [1.165, 1.54) is 12.1 Å². The summed E-state index contributed by atoms with van der Waals surface area (Å²) < 4.78 is 1.71. The number of nitrogens with zero attached hydrogens (tertiary/aromatic N) is 3. The van der Waals surface area contributed by atoms with Crippen molar-refractivity contribution in [1.82, 2.24) is 9.78 Å². The molecule has 1 aromatic heterocycles. The number of hydrogen-bond donors (Lipinski definition) is 2. The van der Waals surface area contributed by atoms with E-state index >= 15 is 0 Å². The van der Waals surface area contributed by atoms with Crippen LogP contribution in [0.2, 0.25) is 0 Å². The number of anilines is 1. The summed E-state index contributed by atoms with van der Waals surface area (Å²) in [6, 6.07) is 6.17. The number of hydrogen-bond acceptors (Lipinski definition) is 5.